The van der Waals surface area contributed by atoms with Crippen molar-refractivity contribution in [3.05, 3.63) is 11.6 Å². The highest BCUT2D eigenvalue weighted by Gasteiger charge is 2.27. The summed E-state index contributed by atoms with van der Waals surface area (Å²) in [5, 5.41) is 4.36. The Morgan fingerprint density at radius 1 is 1.53 bits per heavy atom. The van der Waals surface area contributed by atoms with Gasteiger partial charge in [-0.1, -0.05) is 6.92 Å². The quantitative estimate of drug-likeness (QED) is 0.810. The highest BCUT2D eigenvalue weighted by atomic mass is 32.2. The largest absolute Gasteiger partial charge is 0.384 e. The number of ether oxygens (including phenoxy) is 1. The molecule has 8 heteroatoms. The molecule has 7 nitrogen and oxygen atoms in total. The third-order valence-electron chi connectivity index (χ3n) is 3.11. The number of hydrogen-bond donors (Lipinski definition) is 1. The van der Waals surface area contributed by atoms with Crippen molar-refractivity contribution in [2.75, 3.05) is 19.5 Å². The van der Waals surface area contributed by atoms with Crippen molar-refractivity contribution in [2.45, 2.75) is 38.8 Å². The molecule has 1 atom stereocenters. The van der Waals surface area contributed by atoms with Crippen molar-refractivity contribution in [1.82, 2.24) is 19.5 Å². The van der Waals surface area contributed by atoms with E-state index in [9.17, 15) is 8.42 Å². The molecule has 1 unspecified atom stereocenters. The maximum Gasteiger partial charge on any atom is 0.214 e. The molecule has 0 aliphatic carbocycles. The molecule has 0 saturated carbocycles. The fourth-order valence-electron chi connectivity index (χ4n) is 2.13. The molecule has 1 N–H and O–H groups in total. The molecule has 2 heterocycles. The van der Waals surface area contributed by atoms with Crippen LogP contribution in [0.3, 0.4) is 0 Å². The van der Waals surface area contributed by atoms with Crippen LogP contribution in [-0.2, 0) is 27.7 Å². The first-order chi connectivity index (χ1) is 9.05. The van der Waals surface area contributed by atoms with Crippen molar-refractivity contribution in [1.29, 1.82) is 0 Å². The fraction of sp³-hybridized carbons (Fsp3) is 0.818. The van der Waals surface area contributed by atoms with Crippen LogP contribution in [0.25, 0.3) is 0 Å². The second-order valence-electron chi connectivity index (χ2n) is 4.59. The maximum atomic E-state index is 11.9. The molecule has 0 fully saturated rings. The van der Waals surface area contributed by atoms with Crippen LogP contribution in [0.15, 0.2) is 0 Å². The number of rotatable bonds is 6. The first-order valence-corrected chi connectivity index (χ1v) is 8.13. The van der Waals surface area contributed by atoms with E-state index in [4.69, 9.17) is 4.74 Å². The van der Waals surface area contributed by atoms with Crippen LogP contribution in [0.5, 0.6) is 0 Å². The van der Waals surface area contributed by atoms with E-state index >= 15 is 0 Å². The Balaban J connectivity index is 2.13. The molecule has 1 aliphatic rings. The van der Waals surface area contributed by atoms with Gasteiger partial charge < -0.3 is 4.74 Å². The first kappa shape index (κ1) is 14.4. The van der Waals surface area contributed by atoms with Crippen molar-refractivity contribution in [2.24, 2.45) is 0 Å². The lowest BCUT2D eigenvalue weighted by Crippen LogP contribution is -2.35. The third kappa shape index (κ3) is 3.52. The predicted octanol–water partition coefficient (Wildman–Crippen LogP) is 0.241. The summed E-state index contributed by atoms with van der Waals surface area (Å²) in [5.74, 6) is 1.46. The minimum Gasteiger partial charge on any atom is -0.384 e. The van der Waals surface area contributed by atoms with Gasteiger partial charge in [-0.15, -0.1) is 0 Å². The zero-order valence-corrected chi connectivity index (χ0v) is 12.1. The highest BCUT2D eigenvalue weighted by Crippen LogP contribution is 2.23. The number of sulfonamides is 1. The van der Waals surface area contributed by atoms with Crippen LogP contribution in [-0.4, -0.2) is 42.7 Å². The summed E-state index contributed by atoms with van der Waals surface area (Å²) in [7, 11) is -1.85. The molecule has 0 radical (unpaired) electrons. The normalized spacial score (nSPS) is 19.4. The molecule has 0 amide bonds. The molecule has 0 aromatic carbocycles. The Bertz CT molecular complexity index is 526. The number of fused-ring (bicyclic) bond motifs is 1. The van der Waals surface area contributed by atoms with Gasteiger partial charge in [-0.3, -0.25) is 0 Å². The third-order valence-corrected chi connectivity index (χ3v) is 4.46. The van der Waals surface area contributed by atoms with Gasteiger partial charge in [0, 0.05) is 20.1 Å². The molecule has 1 aliphatic heterocycles. The van der Waals surface area contributed by atoms with E-state index in [-0.39, 0.29) is 18.4 Å². The zero-order valence-electron chi connectivity index (χ0n) is 11.3. The van der Waals surface area contributed by atoms with E-state index in [1.54, 1.807) is 0 Å². The molecule has 0 bridgehead atoms. The van der Waals surface area contributed by atoms with Crippen LogP contribution in [0.2, 0.25) is 0 Å². The summed E-state index contributed by atoms with van der Waals surface area (Å²) in [6, 6.07) is -0.275. The van der Waals surface area contributed by atoms with Crippen molar-refractivity contribution in [3.63, 3.8) is 0 Å². The number of methoxy groups -OCH3 is 1. The predicted molar refractivity (Wildman–Crippen MR) is 70.2 cm³/mol. The number of nitrogens with zero attached hydrogens (tertiary/aromatic N) is 3. The molecular formula is C11H20N4O3S. The standard InChI is InChI=1S/C11H20N4O3S/c1-3-10-12-11-9(5-4-6-15(11)13-10)14-19(16,17)8-7-18-2/h9,14H,3-8H2,1-2H3. The zero-order chi connectivity index (χ0) is 13.9. The van der Waals surface area contributed by atoms with Crippen LogP contribution < -0.4 is 4.72 Å². The van der Waals surface area contributed by atoms with Gasteiger partial charge >= 0.3 is 0 Å². The highest BCUT2D eigenvalue weighted by molar-refractivity contribution is 7.89. The molecule has 0 spiro atoms. The van der Waals surface area contributed by atoms with E-state index in [2.05, 4.69) is 14.8 Å². The summed E-state index contributed by atoms with van der Waals surface area (Å²) in [6.07, 6.45) is 2.41. The van der Waals surface area contributed by atoms with Crippen molar-refractivity contribution >= 4 is 10.0 Å². The number of aromatic nitrogens is 3. The van der Waals surface area contributed by atoms with Crippen LogP contribution in [0, 0.1) is 0 Å². The van der Waals surface area contributed by atoms with E-state index < -0.39 is 10.0 Å². The lowest BCUT2D eigenvalue weighted by Gasteiger charge is -2.22. The van der Waals surface area contributed by atoms with Gasteiger partial charge in [0.05, 0.1) is 18.4 Å². The number of aryl methyl sites for hydroxylation is 2. The lowest BCUT2D eigenvalue weighted by molar-refractivity contribution is 0.216. The summed E-state index contributed by atoms with van der Waals surface area (Å²) >= 11 is 0. The number of nitrogens with one attached hydrogen (secondary N) is 1. The molecule has 108 valence electrons. The summed E-state index contributed by atoms with van der Waals surface area (Å²) in [5.41, 5.74) is 0. The Hall–Kier alpha value is -0.990. The van der Waals surface area contributed by atoms with Crippen LogP contribution in [0.4, 0.5) is 0 Å². The second-order valence-corrected chi connectivity index (χ2v) is 6.46. The van der Waals surface area contributed by atoms with Gasteiger partial charge in [-0.2, -0.15) is 5.10 Å². The van der Waals surface area contributed by atoms with Crippen LogP contribution in [0.1, 0.15) is 37.5 Å². The van der Waals surface area contributed by atoms with Gasteiger partial charge in [0.25, 0.3) is 0 Å². The lowest BCUT2D eigenvalue weighted by atomic mass is 10.1. The van der Waals surface area contributed by atoms with Gasteiger partial charge in [-0.25, -0.2) is 22.8 Å². The molecule has 19 heavy (non-hydrogen) atoms. The topological polar surface area (TPSA) is 86.1 Å². The average molecular weight is 288 g/mol. The van der Waals surface area contributed by atoms with E-state index in [1.807, 2.05) is 11.6 Å². The smallest absolute Gasteiger partial charge is 0.214 e. The molecule has 1 aromatic heterocycles. The first-order valence-electron chi connectivity index (χ1n) is 6.48. The molecular weight excluding hydrogens is 268 g/mol. The van der Waals surface area contributed by atoms with Crippen LogP contribution >= 0.6 is 0 Å². The minimum absolute atomic E-state index is 0.0330. The summed E-state index contributed by atoms with van der Waals surface area (Å²) in [6.45, 7) is 2.98. The number of hydrogen-bond acceptors (Lipinski definition) is 5. The van der Waals surface area contributed by atoms with Gasteiger partial charge in [-0.05, 0) is 12.8 Å². The van der Waals surface area contributed by atoms with E-state index in [1.165, 1.54) is 7.11 Å². The summed E-state index contributed by atoms with van der Waals surface area (Å²) in [4.78, 5) is 4.41. The van der Waals surface area contributed by atoms with Gasteiger partial charge in [0.1, 0.15) is 5.82 Å². The SMILES string of the molecule is CCc1nc2n(n1)CCCC2NS(=O)(=O)CCOC. The second kappa shape index (κ2) is 5.98. The monoisotopic (exact) mass is 288 g/mol. The summed E-state index contributed by atoms with van der Waals surface area (Å²) < 4.78 is 33.1. The minimum atomic E-state index is -3.34. The fourth-order valence-corrected chi connectivity index (χ4v) is 3.29. The molecule has 0 saturated heterocycles. The Morgan fingerprint density at radius 3 is 3.00 bits per heavy atom. The Morgan fingerprint density at radius 2 is 2.32 bits per heavy atom. The van der Waals surface area contributed by atoms with E-state index in [0.717, 1.165) is 37.5 Å². The Labute approximate surface area is 113 Å². The Kier molecular flexibility index (Phi) is 4.54. The van der Waals surface area contributed by atoms with E-state index in [0.29, 0.717) is 0 Å². The maximum absolute atomic E-state index is 11.9. The average Bonchev–Trinajstić information content (AvgIpc) is 2.80. The van der Waals surface area contributed by atoms with Gasteiger partial charge in [0.2, 0.25) is 10.0 Å². The van der Waals surface area contributed by atoms with Crippen molar-refractivity contribution < 1.29 is 13.2 Å². The van der Waals surface area contributed by atoms with Gasteiger partial charge in [0.15, 0.2) is 5.82 Å². The molecule has 2 rings (SSSR count). The van der Waals surface area contributed by atoms with Crippen molar-refractivity contribution in [3.8, 4) is 0 Å². The molecule has 1 aromatic rings.